The Bertz CT molecular complexity index is 474. The van der Waals surface area contributed by atoms with E-state index in [4.69, 9.17) is 10.5 Å². The number of morpholine rings is 1. The van der Waals surface area contributed by atoms with Gasteiger partial charge in [0.2, 0.25) is 5.91 Å². The van der Waals surface area contributed by atoms with Crippen LogP contribution in [0.4, 0.5) is 0 Å². The molecule has 0 spiro atoms. The van der Waals surface area contributed by atoms with E-state index in [-0.39, 0.29) is 42.9 Å². The first kappa shape index (κ1) is 23.1. The number of rotatable bonds is 6. The van der Waals surface area contributed by atoms with Crippen molar-refractivity contribution in [3.8, 4) is 0 Å². The Morgan fingerprint density at radius 2 is 2.04 bits per heavy atom. The molecule has 0 aliphatic carbocycles. The monoisotopic (exact) mass is 377 g/mol. The minimum atomic E-state index is -0.488. The standard InChI is InChI=1S/C17H27N3O2.2ClH/c1-3-15(19-17(21)13(2)18)16-12-20(9-10-22-16)11-14-7-5-4-6-8-14;;/h4-8,13,15-16H,3,9-12,18H2,1-2H3,(H,19,21);2*1H/t13-,15?,16?;;/m1../s1. The summed E-state index contributed by atoms with van der Waals surface area (Å²) in [5, 5.41) is 3.00. The van der Waals surface area contributed by atoms with Crippen molar-refractivity contribution in [1.82, 2.24) is 10.2 Å². The first-order valence-corrected chi connectivity index (χ1v) is 8.04. The molecule has 0 bridgehead atoms. The molecule has 1 fully saturated rings. The van der Waals surface area contributed by atoms with Gasteiger partial charge in [-0.05, 0) is 18.9 Å². The molecule has 138 valence electrons. The lowest BCUT2D eigenvalue weighted by molar-refractivity contribution is -0.125. The van der Waals surface area contributed by atoms with E-state index in [0.29, 0.717) is 6.61 Å². The smallest absolute Gasteiger partial charge is 0.236 e. The third kappa shape index (κ3) is 6.95. The summed E-state index contributed by atoms with van der Waals surface area (Å²) in [5.74, 6) is -0.115. The molecule has 24 heavy (non-hydrogen) atoms. The van der Waals surface area contributed by atoms with Crippen molar-refractivity contribution >= 4 is 30.7 Å². The van der Waals surface area contributed by atoms with Gasteiger partial charge in [-0.15, -0.1) is 24.8 Å². The van der Waals surface area contributed by atoms with E-state index in [1.807, 2.05) is 6.07 Å². The zero-order chi connectivity index (χ0) is 15.9. The van der Waals surface area contributed by atoms with Gasteiger partial charge in [0, 0.05) is 19.6 Å². The molecule has 0 aromatic heterocycles. The lowest BCUT2D eigenvalue weighted by atomic mass is 10.1. The fourth-order valence-electron chi connectivity index (χ4n) is 2.73. The number of carbonyl (C=O) groups excluding carboxylic acids is 1. The van der Waals surface area contributed by atoms with Crippen molar-refractivity contribution in [3.63, 3.8) is 0 Å². The molecule has 1 amide bonds. The highest BCUT2D eigenvalue weighted by atomic mass is 35.5. The second-order valence-corrected chi connectivity index (χ2v) is 5.94. The Morgan fingerprint density at radius 3 is 2.62 bits per heavy atom. The van der Waals surface area contributed by atoms with Gasteiger partial charge >= 0.3 is 0 Å². The summed E-state index contributed by atoms with van der Waals surface area (Å²) in [6.07, 6.45) is 0.854. The van der Waals surface area contributed by atoms with E-state index in [9.17, 15) is 4.79 Å². The summed E-state index contributed by atoms with van der Waals surface area (Å²) in [7, 11) is 0. The largest absolute Gasteiger partial charge is 0.373 e. The molecule has 2 unspecified atom stereocenters. The molecule has 1 aromatic carbocycles. The Balaban J connectivity index is 0.00000264. The topological polar surface area (TPSA) is 67.6 Å². The van der Waals surface area contributed by atoms with Gasteiger partial charge in [0.1, 0.15) is 0 Å². The van der Waals surface area contributed by atoms with Crippen molar-refractivity contribution in [1.29, 1.82) is 0 Å². The Morgan fingerprint density at radius 1 is 1.38 bits per heavy atom. The van der Waals surface area contributed by atoms with E-state index in [0.717, 1.165) is 26.1 Å². The maximum absolute atomic E-state index is 11.8. The summed E-state index contributed by atoms with van der Waals surface area (Å²) < 4.78 is 5.88. The third-order valence-electron chi connectivity index (χ3n) is 4.06. The Labute approximate surface area is 157 Å². The molecular formula is C17H29Cl2N3O2. The van der Waals surface area contributed by atoms with E-state index >= 15 is 0 Å². The molecule has 5 nitrogen and oxygen atoms in total. The number of benzene rings is 1. The van der Waals surface area contributed by atoms with Gasteiger partial charge in [0.15, 0.2) is 0 Å². The first-order valence-electron chi connectivity index (χ1n) is 8.04. The normalized spacial score (nSPS) is 20.2. The SMILES string of the molecule is CCC(NC(=O)[C@@H](C)N)C1CN(Cc2ccccc2)CCO1.Cl.Cl. The van der Waals surface area contributed by atoms with E-state index in [2.05, 4.69) is 41.4 Å². The van der Waals surface area contributed by atoms with Gasteiger partial charge in [-0.1, -0.05) is 37.3 Å². The molecule has 3 N–H and O–H groups in total. The van der Waals surface area contributed by atoms with E-state index in [1.54, 1.807) is 6.92 Å². The molecule has 1 aliphatic heterocycles. The van der Waals surface area contributed by atoms with Crippen LogP contribution in [0.1, 0.15) is 25.8 Å². The summed E-state index contributed by atoms with van der Waals surface area (Å²) in [6, 6.07) is 9.95. The first-order chi connectivity index (χ1) is 10.6. The molecule has 1 aliphatic rings. The number of amides is 1. The maximum atomic E-state index is 11.8. The summed E-state index contributed by atoms with van der Waals surface area (Å²) in [5.41, 5.74) is 6.94. The van der Waals surface area contributed by atoms with Crippen molar-refractivity contribution in [2.45, 2.75) is 45.0 Å². The average molecular weight is 378 g/mol. The second-order valence-electron chi connectivity index (χ2n) is 5.94. The van der Waals surface area contributed by atoms with Gasteiger partial charge in [-0.25, -0.2) is 0 Å². The third-order valence-corrected chi connectivity index (χ3v) is 4.06. The Hall–Kier alpha value is -0.850. The summed E-state index contributed by atoms with van der Waals surface area (Å²) >= 11 is 0. The quantitative estimate of drug-likeness (QED) is 0.794. The van der Waals surface area contributed by atoms with Crippen LogP contribution < -0.4 is 11.1 Å². The van der Waals surface area contributed by atoms with Crippen LogP contribution in [-0.2, 0) is 16.1 Å². The molecule has 0 radical (unpaired) electrons. The van der Waals surface area contributed by atoms with Crippen LogP contribution in [0.5, 0.6) is 0 Å². The summed E-state index contributed by atoms with van der Waals surface area (Å²) in [4.78, 5) is 14.2. The average Bonchev–Trinajstić information content (AvgIpc) is 2.53. The fourth-order valence-corrected chi connectivity index (χ4v) is 2.73. The minimum absolute atomic E-state index is 0. The van der Waals surface area contributed by atoms with Gasteiger partial charge in [-0.3, -0.25) is 9.69 Å². The van der Waals surface area contributed by atoms with Gasteiger partial charge in [0.25, 0.3) is 0 Å². The highest BCUT2D eigenvalue weighted by molar-refractivity contribution is 5.85. The molecule has 1 heterocycles. The molecular weight excluding hydrogens is 349 g/mol. The van der Waals surface area contributed by atoms with Crippen molar-refractivity contribution in [2.75, 3.05) is 19.7 Å². The second kappa shape index (κ2) is 11.7. The van der Waals surface area contributed by atoms with Gasteiger partial charge in [-0.2, -0.15) is 0 Å². The number of nitrogens with two attached hydrogens (primary N) is 1. The van der Waals surface area contributed by atoms with Crippen LogP contribution in [0.25, 0.3) is 0 Å². The fraction of sp³-hybridized carbons (Fsp3) is 0.588. The van der Waals surface area contributed by atoms with Gasteiger partial charge < -0.3 is 15.8 Å². The molecule has 0 saturated carbocycles. The molecule has 2 rings (SSSR count). The lowest BCUT2D eigenvalue weighted by Gasteiger charge is -2.37. The van der Waals surface area contributed by atoms with Crippen LogP contribution in [-0.4, -0.2) is 48.7 Å². The molecule has 1 aromatic rings. The highest BCUT2D eigenvalue weighted by Gasteiger charge is 2.28. The maximum Gasteiger partial charge on any atom is 0.236 e. The Kier molecular flexibility index (Phi) is 11.2. The van der Waals surface area contributed by atoms with Crippen LogP contribution in [0.3, 0.4) is 0 Å². The van der Waals surface area contributed by atoms with Crippen LogP contribution in [0.15, 0.2) is 30.3 Å². The van der Waals surface area contributed by atoms with Crippen LogP contribution in [0.2, 0.25) is 0 Å². The summed E-state index contributed by atoms with van der Waals surface area (Å²) in [6.45, 7) is 7.12. The van der Waals surface area contributed by atoms with Crippen LogP contribution >= 0.6 is 24.8 Å². The highest BCUT2D eigenvalue weighted by Crippen LogP contribution is 2.14. The van der Waals surface area contributed by atoms with Crippen molar-refractivity contribution in [2.24, 2.45) is 5.73 Å². The number of nitrogens with zero attached hydrogens (tertiary/aromatic N) is 1. The van der Waals surface area contributed by atoms with Crippen LogP contribution in [0, 0.1) is 0 Å². The molecule has 7 heteroatoms. The number of nitrogens with one attached hydrogen (secondary N) is 1. The number of halogens is 2. The van der Waals surface area contributed by atoms with Gasteiger partial charge in [0.05, 0.1) is 24.8 Å². The minimum Gasteiger partial charge on any atom is -0.373 e. The van der Waals surface area contributed by atoms with E-state index < -0.39 is 6.04 Å². The molecule has 1 saturated heterocycles. The predicted molar refractivity (Wildman–Crippen MR) is 102 cm³/mol. The van der Waals surface area contributed by atoms with E-state index in [1.165, 1.54) is 5.56 Å². The zero-order valence-electron chi connectivity index (χ0n) is 14.3. The zero-order valence-corrected chi connectivity index (χ0v) is 15.9. The number of ether oxygens (including phenoxy) is 1. The number of hydrogen-bond donors (Lipinski definition) is 2. The van der Waals surface area contributed by atoms with Crippen molar-refractivity contribution in [3.05, 3.63) is 35.9 Å². The number of hydrogen-bond acceptors (Lipinski definition) is 4. The number of carbonyl (C=O) groups is 1. The molecule has 3 atom stereocenters. The van der Waals surface area contributed by atoms with Crippen molar-refractivity contribution < 1.29 is 9.53 Å². The predicted octanol–water partition coefficient (Wildman–Crippen LogP) is 1.97. The lowest BCUT2D eigenvalue weighted by Crippen LogP contribution is -2.55.